The van der Waals surface area contributed by atoms with E-state index in [0.29, 0.717) is 23.4 Å². The van der Waals surface area contributed by atoms with Gasteiger partial charge < -0.3 is 5.21 Å². The summed E-state index contributed by atoms with van der Waals surface area (Å²) in [5.41, 5.74) is 1.29. The zero-order chi connectivity index (χ0) is 17.7. The van der Waals surface area contributed by atoms with Gasteiger partial charge in [0.2, 0.25) is 0 Å². The van der Waals surface area contributed by atoms with E-state index in [-0.39, 0.29) is 5.75 Å². The Morgan fingerprint density at radius 2 is 1.56 bits per heavy atom. The fourth-order valence-electron chi connectivity index (χ4n) is 2.79. The first-order valence-electron chi connectivity index (χ1n) is 8.08. The fourth-order valence-corrected chi connectivity index (χ4v) is 4.13. The molecule has 0 fully saturated rings. The topological polar surface area (TPSA) is 66.7 Å². The summed E-state index contributed by atoms with van der Waals surface area (Å²) in [6.45, 7) is 0. The van der Waals surface area contributed by atoms with Gasteiger partial charge in [-0.3, -0.25) is 0 Å². The SMILES string of the molecule is O=S(=O)(CCC/C(=N\O)c1ccccc1)c1ccc2ccccc2c1. The Morgan fingerprint density at radius 3 is 2.28 bits per heavy atom. The van der Waals surface area contributed by atoms with Gasteiger partial charge in [-0.1, -0.05) is 65.8 Å². The standard InChI is InChI=1S/C20H19NO3S/c22-21-20(17-8-2-1-3-9-17)11-6-14-25(23,24)19-13-12-16-7-4-5-10-18(16)15-19/h1-5,7-10,12-13,15,22H,6,11,14H2/b21-20+. The van der Waals surface area contributed by atoms with Crippen molar-refractivity contribution in [2.24, 2.45) is 5.16 Å². The minimum absolute atomic E-state index is 0.0111. The third-order valence-corrected chi connectivity index (χ3v) is 5.93. The van der Waals surface area contributed by atoms with Crippen molar-refractivity contribution in [3.8, 4) is 0 Å². The number of hydrogen-bond acceptors (Lipinski definition) is 4. The summed E-state index contributed by atoms with van der Waals surface area (Å²) in [6, 6.07) is 22.1. The van der Waals surface area contributed by atoms with E-state index in [1.807, 2.05) is 60.7 Å². The summed E-state index contributed by atoms with van der Waals surface area (Å²) in [4.78, 5) is 0.327. The fraction of sp³-hybridized carbons (Fsp3) is 0.150. The number of benzene rings is 3. The van der Waals surface area contributed by atoms with Gasteiger partial charge in [0.25, 0.3) is 0 Å². The van der Waals surface area contributed by atoms with Crippen molar-refractivity contribution in [2.75, 3.05) is 5.75 Å². The second kappa shape index (κ2) is 7.49. The number of sulfone groups is 1. The Bertz CT molecular complexity index is 996. The van der Waals surface area contributed by atoms with Crippen molar-refractivity contribution in [3.05, 3.63) is 78.4 Å². The summed E-state index contributed by atoms with van der Waals surface area (Å²) < 4.78 is 25.2. The molecule has 5 heteroatoms. The molecule has 4 nitrogen and oxygen atoms in total. The lowest BCUT2D eigenvalue weighted by Gasteiger charge is -2.07. The summed E-state index contributed by atoms with van der Waals surface area (Å²) >= 11 is 0. The van der Waals surface area contributed by atoms with E-state index in [1.54, 1.807) is 12.1 Å². The highest BCUT2D eigenvalue weighted by Gasteiger charge is 2.15. The zero-order valence-electron chi connectivity index (χ0n) is 13.7. The Labute approximate surface area is 147 Å². The highest BCUT2D eigenvalue weighted by Crippen LogP contribution is 2.21. The minimum Gasteiger partial charge on any atom is -0.411 e. The lowest BCUT2D eigenvalue weighted by atomic mass is 10.1. The second-order valence-electron chi connectivity index (χ2n) is 5.84. The molecule has 0 saturated heterocycles. The molecule has 0 amide bonds. The van der Waals surface area contributed by atoms with Crippen molar-refractivity contribution >= 4 is 26.3 Å². The summed E-state index contributed by atoms with van der Waals surface area (Å²) in [6.07, 6.45) is 0.788. The van der Waals surface area contributed by atoms with Crippen molar-refractivity contribution < 1.29 is 13.6 Å². The summed E-state index contributed by atoms with van der Waals surface area (Å²) in [5, 5.41) is 14.4. The van der Waals surface area contributed by atoms with Gasteiger partial charge in [0.15, 0.2) is 9.84 Å². The van der Waals surface area contributed by atoms with Gasteiger partial charge in [-0.25, -0.2) is 8.42 Å². The smallest absolute Gasteiger partial charge is 0.178 e. The van der Waals surface area contributed by atoms with Crippen LogP contribution in [-0.2, 0) is 9.84 Å². The van der Waals surface area contributed by atoms with Crippen LogP contribution in [0.1, 0.15) is 18.4 Å². The quantitative estimate of drug-likeness (QED) is 0.409. The molecule has 0 radical (unpaired) electrons. The maximum atomic E-state index is 12.6. The van der Waals surface area contributed by atoms with Gasteiger partial charge in [0, 0.05) is 0 Å². The first-order valence-corrected chi connectivity index (χ1v) is 9.73. The number of rotatable bonds is 6. The van der Waals surface area contributed by atoms with E-state index in [0.717, 1.165) is 16.3 Å². The molecule has 0 saturated carbocycles. The van der Waals surface area contributed by atoms with Crippen LogP contribution in [0.2, 0.25) is 0 Å². The predicted molar refractivity (Wildman–Crippen MR) is 100 cm³/mol. The van der Waals surface area contributed by atoms with Crippen molar-refractivity contribution in [1.82, 2.24) is 0 Å². The number of oxime groups is 1. The average molecular weight is 353 g/mol. The summed E-state index contributed by atoms with van der Waals surface area (Å²) in [5.74, 6) is 0.0111. The third kappa shape index (κ3) is 4.06. The largest absolute Gasteiger partial charge is 0.411 e. The van der Waals surface area contributed by atoms with Gasteiger partial charge in [0.1, 0.15) is 0 Å². The van der Waals surface area contributed by atoms with E-state index >= 15 is 0 Å². The van der Waals surface area contributed by atoms with Gasteiger partial charge >= 0.3 is 0 Å². The van der Waals surface area contributed by atoms with Crippen molar-refractivity contribution in [1.29, 1.82) is 0 Å². The Hall–Kier alpha value is -2.66. The predicted octanol–water partition coefficient (Wildman–Crippen LogP) is 4.27. The molecule has 1 N–H and O–H groups in total. The van der Waals surface area contributed by atoms with E-state index in [2.05, 4.69) is 5.16 Å². The molecule has 25 heavy (non-hydrogen) atoms. The molecular formula is C20H19NO3S. The van der Waals surface area contributed by atoms with Crippen LogP contribution >= 0.6 is 0 Å². The van der Waals surface area contributed by atoms with Gasteiger partial charge in [-0.2, -0.15) is 0 Å². The molecule has 0 spiro atoms. The summed E-state index contributed by atoms with van der Waals surface area (Å²) in [7, 11) is -3.37. The van der Waals surface area contributed by atoms with Crippen LogP contribution in [0.25, 0.3) is 10.8 Å². The molecule has 0 aromatic heterocycles. The molecule has 0 aliphatic heterocycles. The van der Waals surface area contributed by atoms with E-state index in [9.17, 15) is 13.6 Å². The molecule has 3 aromatic carbocycles. The lowest BCUT2D eigenvalue weighted by Crippen LogP contribution is -2.10. The maximum absolute atomic E-state index is 12.6. The number of nitrogens with zero attached hydrogens (tertiary/aromatic N) is 1. The highest BCUT2D eigenvalue weighted by atomic mass is 32.2. The Balaban J connectivity index is 1.71. The van der Waals surface area contributed by atoms with Gasteiger partial charge in [0.05, 0.1) is 16.4 Å². The molecule has 3 aromatic rings. The van der Waals surface area contributed by atoms with Crippen LogP contribution in [-0.4, -0.2) is 25.1 Å². The van der Waals surface area contributed by atoms with Crippen LogP contribution in [0.3, 0.4) is 0 Å². The van der Waals surface area contributed by atoms with E-state index < -0.39 is 9.84 Å². The van der Waals surface area contributed by atoms with E-state index in [4.69, 9.17) is 0 Å². The first-order chi connectivity index (χ1) is 12.1. The Morgan fingerprint density at radius 1 is 0.880 bits per heavy atom. The third-order valence-electron chi connectivity index (χ3n) is 4.13. The molecule has 128 valence electrons. The Kier molecular flexibility index (Phi) is 5.14. The molecule has 0 aliphatic rings. The van der Waals surface area contributed by atoms with Crippen LogP contribution < -0.4 is 0 Å². The molecule has 0 unspecified atom stereocenters. The maximum Gasteiger partial charge on any atom is 0.178 e. The van der Waals surface area contributed by atoms with Crippen LogP contribution in [0.15, 0.2) is 82.8 Å². The lowest BCUT2D eigenvalue weighted by molar-refractivity contribution is 0.318. The minimum atomic E-state index is -3.37. The molecule has 0 atom stereocenters. The highest BCUT2D eigenvalue weighted by molar-refractivity contribution is 7.91. The monoisotopic (exact) mass is 353 g/mol. The van der Waals surface area contributed by atoms with Crippen molar-refractivity contribution in [2.45, 2.75) is 17.7 Å². The molecule has 0 heterocycles. The molecular weight excluding hydrogens is 334 g/mol. The average Bonchev–Trinajstić information content (AvgIpc) is 2.65. The zero-order valence-corrected chi connectivity index (χ0v) is 14.5. The van der Waals surface area contributed by atoms with Crippen molar-refractivity contribution in [3.63, 3.8) is 0 Å². The van der Waals surface area contributed by atoms with E-state index in [1.165, 1.54) is 0 Å². The number of fused-ring (bicyclic) bond motifs is 1. The van der Waals surface area contributed by atoms with Gasteiger partial charge in [-0.15, -0.1) is 0 Å². The molecule has 3 rings (SSSR count). The second-order valence-corrected chi connectivity index (χ2v) is 7.95. The normalized spacial score (nSPS) is 12.4. The van der Waals surface area contributed by atoms with Crippen LogP contribution in [0.4, 0.5) is 0 Å². The first kappa shape index (κ1) is 17.2. The van der Waals surface area contributed by atoms with Gasteiger partial charge in [-0.05, 0) is 41.3 Å². The van der Waals surface area contributed by atoms with Crippen LogP contribution in [0, 0.1) is 0 Å². The number of hydrogen-bond donors (Lipinski definition) is 1. The molecule has 0 bridgehead atoms. The van der Waals surface area contributed by atoms with Crippen LogP contribution in [0.5, 0.6) is 0 Å². The molecule has 0 aliphatic carbocycles.